The highest BCUT2D eigenvalue weighted by molar-refractivity contribution is 9.10. The van der Waals surface area contributed by atoms with E-state index < -0.39 is 0 Å². The number of halogens is 1. The second-order valence-electron chi connectivity index (χ2n) is 11.9. The minimum atomic E-state index is 1.16. The van der Waals surface area contributed by atoms with Gasteiger partial charge in [0.2, 0.25) is 0 Å². The van der Waals surface area contributed by atoms with Crippen molar-refractivity contribution in [3.8, 4) is 22.3 Å². The molecule has 0 aromatic heterocycles. The Morgan fingerprint density at radius 2 is 1.13 bits per heavy atom. The molecule has 1 aliphatic rings. The van der Waals surface area contributed by atoms with Crippen molar-refractivity contribution in [2.75, 3.05) is 0 Å². The summed E-state index contributed by atoms with van der Waals surface area (Å²) in [4.78, 5) is 0. The Morgan fingerprint density at radius 3 is 1.79 bits per heavy atom. The van der Waals surface area contributed by atoms with Crippen molar-refractivity contribution >= 4 is 37.5 Å². The van der Waals surface area contributed by atoms with E-state index in [1.165, 1.54) is 159 Å². The van der Waals surface area contributed by atoms with Gasteiger partial charge in [0.25, 0.3) is 0 Å². The van der Waals surface area contributed by atoms with Crippen LogP contribution in [0.4, 0.5) is 0 Å². The summed E-state index contributed by atoms with van der Waals surface area (Å²) in [5.41, 5.74) is 7.10. The minimum absolute atomic E-state index is 1.16. The summed E-state index contributed by atoms with van der Waals surface area (Å²) in [7, 11) is 0. The maximum absolute atomic E-state index is 3.74. The number of unbranched alkanes of at least 4 members (excludes halogenated alkanes) is 15. The fourth-order valence-electron chi connectivity index (χ4n) is 6.83. The van der Waals surface area contributed by atoms with Crippen molar-refractivity contribution in [1.29, 1.82) is 0 Å². The van der Waals surface area contributed by atoms with Crippen LogP contribution >= 0.6 is 15.9 Å². The average Bonchev–Trinajstić information content (AvgIpc) is 3.27. The summed E-state index contributed by atoms with van der Waals surface area (Å²) >= 11 is 3.74. The number of hydrogen-bond acceptors (Lipinski definition) is 0. The molecule has 0 bridgehead atoms. The Labute approximate surface area is 245 Å². The molecule has 0 unspecified atom stereocenters. The average molecular weight is 584 g/mol. The Bertz CT molecular complexity index is 1360. The summed E-state index contributed by atoms with van der Waals surface area (Å²) in [6.45, 7) is 2.30. The van der Waals surface area contributed by atoms with Crippen LogP contribution in [0.25, 0.3) is 43.8 Å². The van der Waals surface area contributed by atoms with Gasteiger partial charge in [-0.05, 0) is 74.3 Å². The van der Waals surface area contributed by atoms with Crippen LogP contribution in [-0.4, -0.2) is 0 Å². The third-order valence-electron chi connectivity index (χ3n) is 8.95. The lowest BCUT2D eigenvalue weighted by Crippen LogP contribution is -1.90. The molecule has 39 heavy (non-hydrogen) atoms. The SMILES string of the molecule is CCCCCCCCCCCCCCCCCCc1cccc2c3c(ccc12)-c1cc(Br)cc2cccc-3c12. The zero-order chi connectivity index (χ0) is 26.9. The summed E-state index contributed by atoms with van der Waals surface area (Å²) in [5, 5.41) is 5.60. The molecule has 0 saturated carbocycles. The first kappa shape index (κ1) is 28.4. The zero-order valence-electron chi connectivity index (χ0n) is 24.2. The standard InChI is InChI=1S/C38H47Br/c1-2-3-4-5-6-7-8-9-10-11-12-13-14-15-16-17-20-29-21-18-23-33-32(29)25-26-34-36-28-31(39)27-30-22-19-24-35(37(30)36)38(33)34/h18-19,21-28H,2-17,20H2,1H3. The lowest BCUT2D eigenvalue weighted by Gasteiger charge is -2.12. The van der Waals surface area contributed by atoms with Gasteiger partial charge in [0.1, 0.15) is 0 Å². The molecule has 0 atom stereocenters. The van der Waals surface area contributed by atoms with Gasteiger partial charge < -0.3 is 0 Å². The lowest BCUT2D eigenvalue weighted by atomic mass is 9.92. The lowest BCUT2D eigenvalue weighted by molar-refractivity contribution is 0.529. The van der Waals surface area contributed by atoms with Gasteiger partial charge in [-0.3, -0.25) is 0 Å². The topological polar surface area (TPSA) is 0 Å². The first-order chi connectivity index (χ1) is 19.3. The number of aryl methyl sites for hydroxylation is 1. The van der Waals surface area contributed by atoms with E-state index in [0.717, 1.165) is 4.47 Å². The molecule has 1 heteroatoms. The normalized spacial score (nSPS) is 12.1. The van der Waals surface area contributed by atoms with E-state index in [2.05, 4.69) is 83.5 Å². The summed E-state index contributed by atoms with van der Waals surface area (Å²) < 4.78 is 1.16. The van der Waals surface area contributed by atoms with E-state index in [4.69, 9.17) is 0 Å². The molecule has 0 nitrogen and oxygen atoms in total. The van der Waals surface area contributed by atoms with Crippen LogP contribution in [0.3, 0.4) is 0 Å². The van der Waals surface area contributed by atoms with Crippen LogP contribution < -0.4 is 0 Å². The van der Waals surface area contributed by atoms with E-state index >= 15 is 0 Å². The van der Waals surface area contributed by atoms with Gasteiger partial charge in [-0.2, -0.15) is 0 Å². The molecule has 4 aromatic carbocycles. The maximum Gasteiger partial charge on any atom is 0.0187 e. The number of rotatable bonds is 17. The number of fused-ring (bicyclic) bond motifs is 5. The van der Waals surface area contributed by atoms with Crippen molar-refractivity contribution in [3.63, 3.8) is 0 Å². The van der Waals surface area contributed by atoms with Crippen molar-refractivity contribution in [2.24, 2.45) is 0 Å². The van der Waals surface area contributed by atoms with E-state index in [-0.39, 0.29) is 0 Å². The molecule has 1 aliphatic carbocycles. The van der Waals surface area contributed by atoms with Crippen LogP contribution in [-0.2, 0) is 6.42 Å². The summed E-state index contributed by atoms with van der Waals surface area (Å²) in [6.07, 6.45) is 24.0. The molecule has 0 heterocycles. The molecule has 0 radical (unpaired) electrons. The van der Waals surface area contributed by atoms with E-state index in [9.17, 15) is 0 Å². The third-order valence-corrected chi connectivity index (χ3v) is 9.41. The quantitative estimate of drug-likeness (QED) is 0.0955. The molecular weight excluding hydrogens is 536 g/mol. The van der Waals surface area contributed by atoms with Gasteiger partial charge in [0, 0.05) is 4.47 Å². The highest BCUT2D eigenvalue weighted by atomic mass is 79.9. The van der Waals surface area contributed by atoms with Gasteiger partial charge in [0.15, 0.2) is 0 Å². The van der Waals surface area contributed by atoms with Crippen LogP contribution in [0.5, 0.6) is 0 Å². The highest BCUT2D eigenvalue weighted by Gasteiger charge is 2.24. The summed E-state index contributed by atoms with van der Waals surface area (Å²) in [6, 6.07) is 23.0. The second-order valence-corrected chi connectivity index (χ2v) is 12.8. The Kier molecular flexibility index (Phi) is 10.6. The highest BCUT2D eigenvalue weighted by Crippen LogP contribution is 2.51. The second kappa shape index (κ2) is 14.5. The fourth-order valence-corrected chi connectivity index (χ4v) is 7.31. The Balaban J connectivity index is 1.05. The van der Waals surface area contributed by atoms with Crippen LogP contribution in [0.2, 0.25) is 0 Å². The van der Waals surface area contributed by atoms with Gasteiger partial charge in [-0.15, -0.1) is 0 Å². The minimum Gasteiger partial charge on any atom is -0.0654 e. The van der Waals surface area contributed by atoms with Crippen molar-refractivity contribution in [3.05, 3.63) is 70.7 Å². The predicted octanol–water partition coefficient (Wildman–Crippen LogP) is 13.2. The fraction of sp³-hybridized carbons (Fsp3) is 0.474. The molecule has 4 aromatic rings. The number of hydrogen-bond donors (Lipinski definition) is 0. The van der Waals surface area contributed by atoms with Crippen molar-refractivity contribution in [2.45, 2.75) is 116 Å². The van der Waals surface area contributed by atoms with E-state index in [1.807, 2.05) is 0 Å². The summed E-state index contributed by atoms with van der Waals surface area (Å²) in [5.74, 6) is 0. The van der Waals surface area contributed by atoms with E-state index in [0.29, 0.717) is 0 Å². The van der Waals surface area contributed by atoms with Crippen LogP contribution in [0.1, 0.15) is 115 Å². The van der Waals surface area contributed by atoms with Gasteiger partial charge >= 0.3 is 0 Å². The van der Waals surface area contributed by atoms with Gasteiger partial charge in [-0.25, -0.2) is 0 Å². The zero-order valence-corrected chi connectivity index (χ0v) is 25.8. The smallest absolute Gasteiger partial charge is 0.0187 e. The largest absolute Gasteiger partial charge is 0.0654 e. The molecule has 0 aliphatic heterocycles. The van der Waals surface area contributed by atoms with Gasteiger partial charge in [-0.1, -0.05) is 168 Å². The third kappa shape index (κ3) is 6.97. The van der Waals surface area contributed by atoms with Crippen molar-refractivity contribution < 1.29 is 0 Å². The molecule has 0 spiro atoms. The Morgan fingerprint density at radius 1 is 0.513 bits per heavy atom. The monoisotopic (exact) mass is 582 g/mol. The molecule has 0 saturated heterocycles. The molecule has 0 fully saturated rings. The maximum atomic E-state index is 3.74. The predicted molar refractivity (Wildman–Crippen MR) is 177 cm³/mol. The van der Waals surface area contributed by atoms with Gasteiger partial charge in [0.05, 0.1) is 0 Å². The molecule has 5 rings (SSSR count). The molecule has 0 amide bonds. The molecule has 0 N–H and O–H groups in total. The Hall–Kier alpha value is -2.12. The first-order valence-electron chi connectivity index (χ1n) is 16.1. The van der Waals surface area contributed by atoms with E-state index in [1.54, 1.807) is 0 Å². The molecule has 206 valence electrons. The van der Waals surface area contributed by atoms with Crippen molar-refractivity contribution in [1.82, 2.24) is 0 Å². The molecular formula is C38H47Br. The first-order valence-corrected chi connectivity index (χ1v) is 16.8. The van der Waals surface area contributed by atoms with Crippen LogP contribution in [0, 0.1) is 0 Å². The number of benzene rings is 4. The van der Waals surface area contributed by atoms with Crippen LogP contribution in [0.15, 0.2) is 65.1 Å².